The predicted octanol–water partition coefficient (Wildman–Crippen LogP) is 2.58. The number of rotatable bonds is 6. The molecule has 0 radical (unpaired) electrons. The number of para-hydroxylation sites is 1. The van der Waals surface area contributed by atoms with Crippen molar-refractivity contribution >= 4 is 5.69 Å². The van der Waals surface area contributed by atoms with E-state index < -0.39 is 0 Å². The molecule has 1 heterocycles. The number of nitrogens with zero attached hydrogens (tertiary/aromatic N) is 1. The second-order valence-corrected chi connectivity index (χ2v) is 5.43. The van der Waals surface area contributed by atoms with Gasteiger partial charge in [-0.2, -0.15) is 0 Å². The van der Waals surface area contributed by atoms with Gasteiger partial charge in [0.2, 0.25) is 0 Å². The summed E-state index contributed by atoms with van der Waals surface area (Å²) >= 11 is 0. The first-order chi connectivity index (χ1) is 9.31. The zero-order valence-corrected chi connectivity index (χ0v) is 12.0. The fraction of sp³-hybridized carbons (Fsp3) is 0.625. The van der Waals surface area contributed by atoms with Gasteiger partial charge in [0.05, 0.1) is 0 Å². The molecule has 1 aliphatic heterocycles. The second kappa shape index (κ2) is 7.51. The molecule has 1 aromatic carbocycles. The minimum absolute atomic E-state index is 0.237. The summed E-state index contributed by atoms with van der Waals surface area (Å²) in [5.74, 6) is 0. The molecule has 1 aromatic rings. The van der Waals surface area contributed by atoms with Crippen molar-refractivity contribution < 1.29 is 4.74 Å². The zero-order chi connectivity index (χ0) is 13.5. The van der Waals surface area contributed by atoms with Crippen LogP contribution in [0.4, 0.5) is 5.69 Å². The first kappa shape index (κ1) is 14.4. The van der Waals surface area contributed by atoms with E-state index in [-0.39, 0.29) is 6.04 Å². The summed E-state index contributed by atoms with van der Waals surface area (Å²) in [6, 6.07) is 9.00. The highest BCUT2D eigenvalue weighted by Crippen LogP contribution is 2.26. The molecule has 19 heavy (non-hydrogen) atoms. The molecule has 1 unspecified atom stereocenters. The molecule has 1 aliphatic rings. The number of methoxy groups -OCH3 is 1. The fourth-order valence-electron chi connectivity index (χ4n) is 2.82. The van der Waals surface area contributed by atoms with Crippen LogP contribution in [0.2, 0.25) is 0 Å². The monoisotopic (exact) mass is 262 g/mol. The number of ether oxygens (including phenoxy) is 1. The SMILES string of the molecule is COCCCC(N)CN1CCCCc2ccccc21. The Morgan fingerprint density at radius 1 is 1.32 bits per heavy atom. The summed E-state index contributed by atoms with van der Waals surface area (Å²) in [7, 11) is 1.75. The summed E-state index contributed by atoms with van der Waals surface area (Å²) in [6.07, 6.45) is 5.83. The number of fused-ring (bicyclic) bond motifs is 1. The van der Waals surface area contributed by atoms with Crippen LogP contribution in [0.1, 0.15) is 31.2 Å². The molecule has 1 atom stereocenters. The Kier molecular flexibility index (Phi) is 5.67. The molecule has 0 amide bonds. The van der Waals surface area contributed by atoms with Crippen LogP contribution in [0, 0.1) is 0 Å². The Morgan fingerprint density at radius 3 is 3.00 bits per heavy atom. The van der Waals surface area contributed by atoms with Crippen molar-refractivity contribution in [3.8, 4) is 0 Å². The van der Waals surface area contributed by atoms with Crippen LogP contribution in [0.5, 0.6) is 0 Å². The molecule has 106 valence electrons. The first-order valence-electron chi connectivity index (χ1n) is 7.38. The highest BCUT2D eigenvalue weighted by molar-refractivity contribution is 5.54. The number of hydrogen-bond acceptors (Lipinski definition) is 3. The summed E-state index contributed by atoms with van der Waals surface area (Å²) in [6.45, 7) is 2.90. The molecule has 0 saturated carbocycles. The van der Waals surface area contributed by atoms with E-state index in [4.69, 9.17) is 10.5 Å². The number of anilines is 1. The summed E-state index contributed by atoms with van der Waals surface area (Å²) in [4.78, 5) is 2.47. The molecule has 0 spiro atoms. The molecule has 0 bridgehead atoms. The molecule has 3 nitrogen and oxygen atoms in total. The van der Waals surface area contributed by atoms with E-state index in [1.807, 2.05) is 0 Å². The van der Waals surface area contributed by atoms with Gasteiger partial charge in [0.25, 0.3) is 0 Å². The van der Waals surface area contributed by atoms with Crippen molar-refractivity contribution in [3.05, 3.63) is 29.8 Å². The Bertz CT molecular complexity index is 381. The molecule has 0 saturated heterocycles. The van der Waals surface area contributed by atoms with Gasteiger partial charge < -0.3 is 15.4 Å². The van der Waals surface area contributed by atoms with E-state index in [0.29, 0.717) is 0 Å². The number of aryl methyl sites for hydroxylation is 1. The lowest BCUT2D eigenvalue weighted by Crippen LogP contribution is -2.38. The predicted molar refractivity (Wildman–Crippen MR) is 80.7 cm³/mol. The van der Waals surface area contributed by atoms with Crippen molar-refractivity contribution in [2.24, 2.45) is 5.73 Å². The van der Waals surface area contributed by atoms with Gasteiger partial charge in [0.1, 0.15) is 0 Å². The summed E-state index contributed by atoms with van der Waals surface area (Å²) < 4.78 is 5.09. The van der Waals surface area contributed by atoms with Gasteiger partial charge in [-0.05, 0) is 43.7 Å². The second-order valence-electron chi connectivity index (χ2n) is 5.43. The van der Waals surface area contributed by atoms with Crippen molar-refractivity contribution in [2.45, 2.75) is 38.1 Å². The minimum atomic E-state index is 0.237. The van der Waals surface area contributed by atoms with Crippen LogP contribution in [0.3, 0.4) is 0 Å². The van der Waals surface area contributed by atoms with Crippen LogP contribution in [-0.4, -0.2) is 32.8 Å². The van der Waals surface area contributed by atoms with E-state index >= 15 is 0 Å². The van der Waals surface area contributed by atoms with Crippen LogP contribution >= 0.6 is 0 Å². The largest absolute Gasteiger partial charge is 0.385 e. The standard InChI is InChI=1S/C16H26N2O/c1-19-12-6-9-15(17)13-18-11-5-4-8-14-7-2-3-10-16(14)18/h2-3,7,10,15H,4-6,8-9,11-13,17H2,1H3. The topological polar surface area (TPSA) is 38.5 Å². The van der Waals surface area contributed by atoms with Gasteiger partial charge in [-0.15, -0.1) is 0 Å². The molecule has 0 aliphatic carbocycles. The molecule has 3 heteroatoms. The van der Waals surface area contributed by atoms with Gasteiger partial charge in [0, 0.05) is 38.5 Å². The maximum atomic E-state index is 6.26. The minimum Gasteiger partial charge on any atom is -0.385 e. The smallest absolute Gasteiger partial charge is 0.0462 e. The first-order valence-corrected chi connectivity index (χ1v) is 7.38. The Balaban J connectivity index is 1.95. The van der Waals surface area contributed by atoms with Gasteiger partial charge in [-0.1, -0.05) is 18.2 Å². The van der Waals surface area contributed by atoms with Crippen LogP contribution in [-0.2, 0) is 11.2 Å². The molecule has 0 fully saturated rings. The van der Waals surface area contributed by atoms with Gasteiger partial charge in [-0.3, -0.25) is 0 Å². The van der Waals surface area contributed by atoms with Gasteiger partial charge in [0.15, 0.2) is 0 Å². The Labute approximate surface area is 116 Å². The van der Waals surface area contributed by atoms with Crippen LogP contribution in [0.15, 0.2) is 24.3 Å². The fourth-order valence-corrected chi connectivity index (χ4v) is 2.82. The average Bonchev–Trinajstić information content (AvgIpc) is 2.62. The zero-order valence-electron chi connectivity index (χ0n) is 12.0. The summed E-state index contributed by atoms with van der Waals surface area (Å²) in [5.41, 5.74) is 9.12. The van der Waals surface area contributed by atoms with Crippen molar-refractivity contribution in [1.29, 1.82) is 0 Å². The third kappa shape index (κ3) is 4.22. The van der Waals surface area contributed by atoms with Gasteiger partial charge in [-0.25, -0.2) is 0 Å². The number of hydrogen-bond donors (Lipinski definition) is 1. The molecular weight excluding hydrogens is 236 g/mol. The highest BCUT2D eigenvalue weighted by Gasteiger charge is 2.16. The van der Waals surface area contributed by atoms with Crippen molar-refractivity contribution in [1.82, 2.24) is 0 Å². The quantitative estimate of drug-likeness (QED) is 0.801. The number of benzene rings is 1. The molecule has 0 aromatic heterocycles. The third-order valence-electron chi connectivity index (χ3n) is 3.83. The van der Waals surface area contributed by atoms with Crippen molar-refractivity contribution in [2.75, 3.05) is 31.7 Å². The van der Waals surface area contributed by atoms with Crippen LogP contribution < -0.4 is 10.6 Å². The molecule has 2 N–H and O–H groups in total. The van der Waals surface area contributed by atoms with E-state index in [0.717, 1.165) is 32.5 Å². The van der Waals surface area contributed by atoms with E-state index in [2.05, 4.69) is 29.2 Å². The highest BCUT2D eigenvalue weighted by atomic mass is 16.5. The van der Waals surface area contributed by atoms with E-state index in [1.54, 1.807) is 7.11 Å². The van der Waals surface area contributed by atoms with Gasteiger partial charge >= 0.3 is 0 Å². The number of nitrogens with two attached hydrogens (primary N) is 1. The lowest BCUT2D eigenvalue weighted by Gasteiger charge is -2.28. The lowest BCUT2D eigenvalue weighted by molar-refractivity contribution is 0.190. The maximum absolute atomic E-state index is 6.26. The van der Waals surface area contributed by atoms with Crippen molar-refractivity contribution in [3.63, 3.8) is 0 Å². The lowest BCUT2D eigenvalue weighted by atomic mass is 10.1. The maximum Gasteiger partial charge on any atom is 0.0462 e. The van der Waals surface area contributed by atoms with E-state index in [9.17, 15) is 0 Å². The summed E-state index contributed by atoms with van der Waals surface area (Å²) in [5, 5.41) is 0. The normalized spacial score (nSPS) is 16.8. The Morgan fingerprint density at radius 2 is 2.16 bits per heavy atom. The third-order valence-corrected chi connectivity index (χ3v) is 3.83. The average molecular weight is 262 g/mol. The molecular formula is C16H26N2O. The van der Waals surface area contributed by atoms with E-state index in [1.165, 1.54) is 30.5 Å². The Hall–Kier alpha value is -1.06. The van der Waals surface area contributed by atoms with Crippen LogP contribution in [0.25, 0.3) is 0 Å². The molecule has 2 rings (SSSR count).